The highest BCUT2D eigenvalue weighted by Gasteiger charge is 2.15. The molecule has 3 nitrogen and oxygen atoms in total. The minimum atomic E-state index is -0.0677. The molecule has 0 amide bonds. The van der Waals surface area contributed by atoms with Crippen LogP contribution in [0.3, 0.4) is 0 Å². The molecule has 0 bridgehead atoms. The zero-order valence-electron chi connectivity index (χ0n) is 11.8. The molecule has 0 fully saturated rings. The van der Waals surface area contributed by atoms with Crippen molar-refractivity contribution >= 4 is 49.7 Å². The zero-order chi connectivity index (χ0) is 15.3. The lowest BCUT2D eigenvalue weighted by Crippen LogP contribution is -2.20. The molecule has 0 unspecified atom stereocenters. The molecule has 0 atom stereocenters. The first-order valence-electron chi connectivity index (χ1n) is 6.42. The molecule has 0 aliphatic rings. The number of H-pyrrole nitrogens is 1. The average molecular weight is 381 g/mol. The molecule has 1 N–H and O–H groups in total. The van der Waals surface area contributed by atoms with E-state index in [2.05, 4.69) is 20.9 Å². The monoisotopic (exact) mass is 380 g/mol. The Balaban J connectivity index is 2.49. The Hall–Kier alpha value is -1.24. The summed E-state index contributed by atoms with van der Waals surface area (Å²) in [4.78, 5) is 18.1. The molecule has 0 saturated carbocycles. The van der Waals surface area contributed by atoms with Crippen LogP contribution in [0.5, 0.6) is 0 Å². The second-order valence-corrected chi connectivity index (χ2v) is 7.37. The standard InChI is InChI=1S/C15H13BrN2OS2/c1-7-5-4-6-10(12(7)16)18-14(19)11-8(2)9(3)21-13(11)17-15(18)20/h4-6H,1-3H3,(H,17,20). The second-order valence-electron chi connectivity index (χ2n) is 4.97. The smallest absolute Gasteiger partial charge is 0.267 e. The van der Waals surface area contributed by atoms with Gasteiger partial charge in [-0.05, 0) is 66.1 Å². The van der Waals surface area contributed by atoms with Crippen LogP contribution in [0.25, 0.3) is 15.9 Å². The lowest BCUT2D eigenvalue weighted by Gasteiger charge is -2.10. The Labute approximate surface area is 139 Å². The van der Waals surface area contributed by atoms with Gasteiger partial charge < -0.3 is 4.98 Å². The summed E-state index contributed by atoms with van der Waals surface area (Å²) < 4.78 is 2.86. The van der Waals surface area contributed by atoms with Crippen LogP contribution in [-0.4, -0.2) is 9.55 Å². The maximum atomic E-state index is 12.9. The van der Waals surface area contributed by atoms with Gasteiger partial charge in [0.2, 0.25) is 0 Å². The predicted octanol–water partition coefficient (Wildman–Crippen LogP) is 4.80. The van der Waals surface area contributed by atoms with Crippen molar-refractivity contribution < 1.29 is 0 Å². The van der Waals surface area contributed by atoms with E-state index in [0.717, 1.165) is 36.4 Å². The molecular weight excluding hydrogens is 368 g/mol. The second kappa shape index (κ2) is 5.19. The first-order valence-corrected chi connectivity index (χ1v) is 8.44. The van der Waals surface area contributed by atoms with E-state index in [1.54, 1.807) is 15.9 Å². The Morgan fingerprint density at radius 1 is 1.29 bits per heavy atom. The van der Waals surface area contributed by atoms with E-state index in [0.29, 0.717) is 4.77 Å². The highest BCUT2D eigenvalue weighted by molar-refractivity contribution is 9.10. The van der Waals surface area contributed by atoms with Gasteiger partial charge in [-0.1, -0.05) is 12.1 Å². The molecule has 0 spiro atoms. The SMILES string of the molecule is Cc1cccc(-n2c(=S)[nH]c3sc(C)c(C)c3c2=O)c1Br. The molecule has 0 saturated heterocycles. The van der Waals surface area contributed by atoms with Gasteiger partial charge in [0.05, 0.1) is 11.1 Å². The van der Waals surface area contributed by atoms with Crippen LogP contribution in [0.4, 0.5) is 0 Å². The maximum Gasteiger partial charge on any atom is 0.267 e. The number of hydrogen-bond donors (Lipinski definition) is 1. The molecule has 1 aromatic carbocycles. The van der Waals surface area contributed by atoms with Crippen LogP contribution >= 0.6 is 39.5 Å². The fraction of sp³-hybridized carbons (Fsp3) is 0.200. The van der Waals surface area contributed by atoms with Gasteiger partial charge in [-0.2, -0.15) is 0 Å². The van der Waals surface area contributed by atoms with E-state index in [9.17, 15) is 4.79 Å². The van der Waals surface area contributed by atoms with E-state index in [4.69, 9.17) is 12.2 Å². The molecule has 6 heteroatoms. The van der Waals surface area contributed by atoms with Crippen LogP contribution < -0.4 is 5.56 Å². The highest BCUT2D eigenvalue weighted by Crippen LogP contribution is 2.28. The van der Waals surface area contributed by atoms with Gasteiger partial charge in [-0.25, -0.2) is 0 Å². The summed E-state index contributed by atoms with van der Waals surface area (Å²) in [7, 11) is 0. The van der Waals surface area contributed by atoms with Crippen molar-refractivity contribution in [1.29, 1.82) is 0 Å². The number of aromatic amines is 1. The van der Waals surface area contributed by atoms with Crippen LogP contribution in [0, 0.1) is 25.5 Å². The van der Waals surface area contributed by atoms with Crippen molar-refractivity contribution in [1.82, 2.24) is 9.55 Å². The Morgan fingerprint density at radius 3 is 2.71 bits per heavy atom. The molecule has 3 rings (SSSR count). The van der Waals surface area contributed by atoms with E-state index in [1.165, 1.54) is 0 Å². The van der Waals surface area contributed by atoms with E-state index >= 15 is 0 Å². The van der Waals surface area contributed by atoms with Gasteiger partial charge in [0, 0.05) is 9.35 Å². The van der Waals surface area contributed by atoms with Gasteiger partial charge in [-0.3, -0.25) is 9.36 Å². The summed E-state index contributed by atoms with van der Waals surface area (Å²) in [5, 5.41) is 0.722. The Kier molecular flexibility index (Phi) is 3.63. The number of fused-ring (bicyclic) bond motifs is 1. The van der Waals surface area contributed by atoms with E-state index in [1.807, 2.05) is 39.0 Å². The van der Waals surface area contributed by atoms with Crippen molar-refractivity contribution in [3.8, 4) is 5.69 Å². The maximum absolute atomic E-state index is 12.9. The average Bonchev–Trinajstić information content (AvgIpc) is 2.70. The van der Waals surface area contributed by atoms with Gasteiger partial charge in [-0.15, -0.1) is 11.3 Å². The Bertz CT molecular complexity index is 982. The van der Waals surface area contributed by atoms with Crippen molar-refractivity contribution in [3.63, 3.8) is 0 Å². The minimum absolute atomic E-state index is 0.0677. The third kappa shape index (κ3) is 2.22. The van der Waals surface area contributed by atoms with Crippen LogP contribution in [0.15, 0.2) is 27.5 Å². The molecular formula is C15H13BrN2OS2. The summed E-state index contributed by atoms with van der Waals surface area (Å²) in [5.41, 5.74) is 2.78. The lowest BCUT2D eigenvalue weighted by molar-refractivity contribution is 0.934. The van der Waals surface area contributed by atoms with Gasteiger partial charge >= 0.3 is 0 Å². The van der Waals surface area contributed by atoms with Crippen molar-refractivity contribution in [2.24, 2.45) is 0 Å². The number of hydrogen-bond acceptors (Lipinski definition) is 3. The number of benzene rings is 1. The Morgan fingerprint density at radius 2 is 2.00 bits per heavy atom. The van der Waals surface area contributed by atoms with Crippen molar-refractivity contribution in [3.05, 3.63) is 53.8 Å². The predicted molar refractivity (Wildman–Crippen MR) is 94.5 cm³/mol. The minimum Gasteiger partial charge on any atom is -0.323 e. The molecule has 2 aromatic heterocycles. The third-order valence-corrected chi connectivity index (χ3v) is 6.08. The van der Waals surface area contributed by atoms with E-state index < -0.39 is 0 Å². The van der Waals surface area contributed by atoms with Crippen LogP contribution in [0.1, 0.15) is 16.0 Å². The normalized spacial score (nSPS) is 11.2. The van der Waals surface area contributed by atoms with Gasteiger partial charge in [0.25, 0.3) is 5.56 Å². The molecule has 0 aliphatic heterocycles. The largest absolute Gasteiger partial charge is 0.323 e. The summed E-state index contributed by atoms with van der Waals surface area (Å²) in [6.07, 6.45) is 0. The van der Waals surface area contributed by atoms with Crippen molar-refractivity contribution in [2.45, 2.75) is 20.8 Å². The first kappa shape index (κ1) is 14.7. The summed E-state index contributed by atoms with van der Waals surface area (Å²) in [6.45, 7) is 5.98. The number of aromatic nitrogens is 2. The van der Waals surface area contributed by atoms with Crippen molar-refractivity contribution in [2.75, 3.05) is 0 Å². The fourth-order valence-electron chi connectivity index (χ4n) is 2.35. The topological polar surface area (TPSA) is 37.8 Å². The first-order chi connectivity index (χ1) is 9.91. The third-order valence-electron chi connectivity index (χ3n) is 3.64. The molecule has 2 heterocycles. The molecule has 108 valence electrons. The number of nitrogens with zero attached hydrogens (tertiary/aromatic N) is 1. The molecule has 3 aromatic rings. The number of halogens is 1. The van der Waals surface area contributed by atoms with Gasteiger partial charge in [0.1, 0.15) is 4.83 Å². The summed E-state index contributed by atoms with van der Waals surface area (Å²) in [5.74, 6) is 0. The summed E-state index contributed by atoms with van der Waals surface area (Å²) in [6, 6.07) is 5.80. The summed E-state index contributed by atoms with van der Waals surface area (Å²) >= 11 is 10.5. The van der Waals surface area contributed by atoms with Gasteiger partial charge in [0.15, 0.2) is 4.77 Å². The molecule has 21 heavy (non-hydrogen) atoms. The van der Waals surface area contributed by atoms with Crippen LogP contribution in [-0.2, 0) is 0 Å². The molecule has 0 aliphatic carbocycles. The number of aryl methyl sites for hydroxylation is 3. The number of thiophene rings is 1. The van der Waals surface area contributed by atoms with E-state index in [-0.39, 0.29) is 5.56 Å². The van der Waals surface area contributed by atoms with Crippen LogP contribution in [0.2, 0.25) is 0 Å². The number of nitrogens with one attached hydrogen (secondary N) is 1. The molecule has 0 radical (unpaired) electrons. The highest BCUT2D eigenvalue weighted by atomic mass is 79.9. The quantitative estimate of drug-likeness (QED) is 0.615. The fourth-order valence-corrected chi connectivity index (χ4v) is 4.19. The zero-order valence-corrected chi connectivity index (χ0v) is 15.0. The lowest BCUT2D eigenvalue weighted by atomic mass is 10.2. The number of rotatable bonds is 1.